The van der Waals surface area contributed by atoms with E-state index in [1.54, 1.807) is 4.68 Å². The van der Waals surface area contributed by atoms with Crippen molar-refractivity contribution in [1.29, 1.82) is 0 Å². The van der Waals surface area contributed by atoms with Gasteiger partial charge in [0, 0.05) is 5.56 Å². The van der Waals surface area contributed by atoms with E-state index in [0.717, 1.165) is 23.2 Å². The SMILES string of the molecule is CC(C)Cc1c(-c2ccccc2)[nH]n(C(C)(C)C)c1=O. The number of H-pyrrole nitrogens is 1. The van der Waals surface area contributed by atoms with E-state index in [1.807, 2.05) is 51.1 Å². The molecule has 1 aromatic carbocycles. The Morgan fingerprint density at radius 1 is 1.15 bits per heavy atom. The Kier molecular flexibility index (Phi) is 3.89. The van der Waals surface area contributed by atoms with Gasteiger partial charge in [0.05, 0.1) is 11.2 Å². The molecule has 0 atom stereocenters. The van der Waals surface area contributed by atoms with Gasteiger partial charge in [-0.15, -0.1) is 0 Å². The molecule has 0 aliphatic rings. The van der Waals surface area contributed by atoms with E-state index in [2.05, 4.69) is 18.9 Å². The summed E-state index contributed by atoms with van der Waals surface area (Å²) in [5.41, 5.74) is 2.78. The third kappa shape index (κ3) is 2.87. The first-order valence-corrected chi connectivity index (χ1v) is 7.20. The molecule has 2 aromatic rings. The zero-order valence-electron chi connectivity index (χ0n) is 13.0. The average molecular weight is 272 g/mol. The average Bonchev–Trinajstić information content (AvgIpc) is 2.67. The molecule has 1 N–H and O–H groups in total. The van der Waals surface area contributed by atoms with Crippen LogP contribution < -0.4 is 5.56 Å². The molecule has 108 valence electrons. The first kappa shape index (κ1) is 14.6. The van der Waals surface area contributed by atoms with Crippen LogP contribution in [0.5, 0.6) is 0 Å². The standard InChI is InChI=1S/C17H24N2O/c1-12(2)11-14-15(13-9-7-6-8-10-13)18-19(16(14)20)17(3,4)5/h6-10,12,18H,11H2,1-5H3. The molecule has 0 radical (unpaired) electrons. The highest BCUT2D eigenvalue weighted by atomic mass is 16.1. The summed E-state index contributed by atoms with van der Waals surface area (Å²) >= 11 is 0. The number of aromatic amines is 1. The fourth-order valence-electron chi connectivity index (χ4n) is 2.39. The fraction of sp³-hybridized carbons (Fsp3) is 0.471. The van der Waals surface area contributed by atoms with Gasteiger partial charge < -0.3 is 0 Å². The van der Waals surface area contributed by atoms with Crippen LogP contribution in [0.25, 0.3) is 11.3 Å². The van der Waals surface area contributed by atoms with E-state index in [1.165, 1.54) is 0 Å². The number of hydrogen-bond donors (Lipinski definition) is 1. The fourth-order valence-corrected chi connectivity index (χ4v) is 2.39. The molecular weight excluding hydrogens is 248 g/mol. The van der Waals surface area contributed by atoms with E-state index in [-0.39, 0.29) is 11.1 Å². The van der Waals surface area contributed by atoms with Gasteiger partial charge in [0.1, 0.15) is 0 Å². The maximum absolute atomic E-state index is 12.7. The monoisotopic (exact) mass is 272 g/mol. The van der Waals surface area contributed by atoms with Crippen molar-refractivity contribution in [1.82, 2.24) is 9.78 Å². The Balaban J connectivity index is 2.64. The van der Waals surface area contributed by atoms with Gasteiger partial charge in [-0.3, -0.25) is 9.89 Å². The Morgan fingerprint density at radius 2 is 1.75 bits per heavy atom. The van der Waals surface area contributed by atoms with Gasteiger partial charge in [-0.05, 0) is 38.7 Å². The molecule has 20 heavy (non-hydrogen) atoms. The molecule has 0 fully saturated rings. The molecular formula is C17H24N2O. The van der Waals surface area contributed by atoms with Crippen molar-refractivity contribution in [2.24, 2.45) is 5.92 Å². The number of nitrogens with zero attached hydrogens (tertiary/aromatic N) is 1. The first-order chi connectivity index (χ1) is 9.30. The van der Waals surface area contributed by atoms with Gasteiger partial charge in [0.2, 0.25) is 0 Å². The summed E-state index contributed by atoms with van der Waals surface area (Å²) in [5, 5.41) is 3.32. The third-order valence-electron chi connectivity index (χ3n) is 3.33. The van der Waals surface area contributed by atoms with Gasteiger partial charge in [-0.1, -0.05) is 44.2 Å². The molecule has 0 amide bonds. The van der Waals surface area contributed by atoms with Crippen molar-refractivity contribution in [3.8, 4) is 11.3 Å². The van der Waals surface area contributed by atoms with Crippen LogP contribution in [0.3, 0.4) is 0 Å². The smallest absolute Gasteiger partial charge is 0.270 e. The van der Waals surface area contributed by atoms with Crippen LogP contribution in [-0.2, 0) is 12.0 Å². The van der Waals surface area contributed by atoms with Crippen LogP contribution in [0.2, 0.25) is 0 Å². The quantitative estimate of drug-likeness (QED) is 0.906. The summed E-state index contributed by atoms with van der Waals surface area (Å²) in [5.74, 6) is 0.453. The maximum Gasteiger partial charge on any atom is 0.270 e. The second-order valence-corrected chi connectivity index (χ2v) is 6.74. The summed E-state index contributed by atoms with van der Waals surface area (Å²) in [6.07, 6.45) is 0.794. The van der Waals surface area contributed by atoms with Crippen molar-refractivity contribution in [3.05, 3.63) is 46.2 Å². The molecule has 0 aliphatic carbocycles. The third-order valence-corrected chi connectivity index (χ3v) is 3.33. The Bertz CT molecular complexity index is 627. The molecule has 3 nitrogen and oxygen atoms in total. The number of aromatic nitrogens is 2. The lowest BCUT2D eigenvalue weighted by Gasteiger charge is -2.19. The highest BCUT2D eigenvalue weighted by Crippen LogP contribution is 2.23. The highest BCUT2D eigenvalue weighted by molar-refractivity contribution is 5.62. The van der Waals surface area contributed by atoms with Crippen molar-refractivity contribution in [3.63, 3.8) is 0 Å². The first-order valence-electron chi connectivity index (χ1n) is 7.20. The van der Waals surface area contributed by atoms with Crippen molar-refractivity contribution in [2.75, 3.05) is 0 Å². The van der Waals surface area contributed by atoms with E-state index in [9.17, 15) is 4.79 Å². The minimum atomic E-state index is -0.240. The molecule has 3 heteroatoms. The normalized spacial score (nSPS) is 12.1. The number of rotatable bonds is 3. The predicted molar refractivity (Wildman–Crippen MR) is 84.0 cm³/mol. The van der Waals surface area contributed by atoms with Gasteiger partial charge in [0.25, 0.3) is 5.56 Å². The van der Waals surface area contributed by atoms with Gasteiger partial charge >= 0.3 is 0 Å². The molecule has 1 aromatic heterocycles. The van der Waals surface area contributed by atoms with Gasteiger partial charge in [0.15, 0.2) is 0 Å². The molecule has 0 spiro atoms. The van der Waals surface area contributed by atoms with Crippen molar-refractivity contribution < 1.29 is 0 Å². The van der Waals surface area contributed by atoms with Gasteiger partial charge in [-0.25, -0.2) is 4.68 Å². The molecule has 1 heterocycles. The Hall–Kier alpha value is -1.77. The van der Waals surface area contributed by atoms with Crippen LogP contribution >= 0.6 is 0 Å². The molecule has 2 rings (SSSR count). The van der Waals surface area contributed by atoms with Crippen LogP contribution in [0.15, 0.2) is 35.1 Å². The number of hydrogen-bond acceptors (Lipinski definition) is 1. The maximum atomic E-state index is 12.7. The number of benzene rings is 1. The van der Waals surface area contributed by atoms with E-state index < -0.39 is 0 Å². The lowest BCUT2D eigenvalue weighted by Crippen LogP contribution is -2.33. The lowest BCUT2D eigenvalue weighted by molar-refractivity contribution is 0.345. The molecule has 0 aliphatic heterocycles. The van der Waals surface area contributed by atoms with E-state index >= 15 is 0 Å². The Labute approximate surface area is 120 Å². The number of nitrogens with one attached hydrogen (secondary N) is 1. The van der Waals surface area contributed by atoms with E-state index in [0.29, 0.717) is 5.92 Å². The zero-order valence-corrected chi connectivity index (χ0v) is 13.0. The lowest BCUT2D eigenvalue weighted by atomic mass is 10.00. The minimum absolute atomic E-state index is 0.102. The Morgan fingerprint density at radius 3 is 2.25 bits per heavy atom. The summed E-state index contributed by atoms with van der Waals surface area (Å²) in [7, 11) is 0. The van der Waals surface area contributed by atoms with Crippen LogP contribution in [-0.4, -0.2) is 9.78 Å². The van der Waals surface area contributed by atoms with Crippen LogP contribution in [0.4, 0.5) is 0 Å². The van der Waals surface area contributed by atoms with Crippen LogP contribution in [0, 0.1) is 5.92 Å². The highest BCUT2D eigenvalue weighted by Gasteiger charge is 2.23. The van der Waals surface area contributed by atoms with Crippen molar-refractivity contribution in [2.45, 2.75) is 46.6 Å². The molecule has 0 unspecified atom stereocenters. The summed E-state index contributed by atoms with van der Waals surface area (Å²) in [4.78, 5) is 12.7. The zero-order chi connectivity index (χ0) is 14.9. The molecule has 0 saturated carbocycles. The minimum Gasteiger partial charge on any atom is -0.294 e. The van der Waals surface area contributed by atoms with Gasteiger partial charge in [-0.2, -0.15) is 0 Å². The van der Waals surface area contributed by atoms with E-state index in [4.69, 9.17) is 0 Å². The summed E-state index contributed by atoms with van der Waals surface area (Å²) in [6, 6.07) is 10.1. The van der Waals surface area contributed by atoms with Crippen molar-refractivity contribution >= 4 is 0 Å². The largest absolute Gasteiger partial charge is 0.294 e. The predicted octanol–water partition coefficient (Wildman–Crippen LogP) is 3.80. The second kappa shape index (κ2) is 5.31. The second-order valence-electron chi connectivity index (χ2n) is 6.74. The van der Waals surface area contributed by atoms with Crippen LogP contribution in [0.1, 0.15) is 40.2 Å². The topological polar surface area (TPSA) is 37.8 Å². The summed E-state index contributed by atoms with van der Waals surface area (Å²) in [6.45, 7) is 10.4. The summed E-state index contributed by atoms with van der Waals surface area (Å²) < 4.78 is 1.74. The molecule has 0 bridgehead atoms. The molecule has 0 saturated heterocycles.